The van der Waals surface area contributed by atoms with E-state index in [4.69, 9.17) is 4.74 Å². The number of nitrogens with one attached hydrogen (secondary N) is 1. The standard InChI is InChI=1S/C13H20BrNO/c1-3-13(15-8-5-9-16-2)11-6-4-7-12(14)10-11/h4,6-7,10,13,15H,3,5,8-9H2,1-2H3. The molecule has 0 fully saturated rings. The molecule has 0 spiro atoms. The molecule has 0 amide bonds. The fourth-order valence-corrected chi connectivity index (χ4v) is 2.13. The fraction of sp³-hybridized carbons (Fsp3) is 0.538. The van der Waals surface area contributed by atoms with E-state index in [1.165, 1.54) is 5.56 Å². The van der Waals surface area contributed by atoms with Gasteiger partial charge in [0.2, 0.25) is 0 Å². The van der Waals surface area contributed by atoms with Crippen molar-refractivity contribution in [2.24, 2.45) is 0 Å². The van der Waals surface area contributed by atoms with E-state index in [-0.39, 0.29) is 0 Å². The summed E-state index contributed by atoms with van der Waals surface area (Å²) in [4.78, 5) is 0. The lowest BCUT2D eigenvalue weighted by Crippen LogP contribution is -2.22. The molecule has 3 heteroatoms. The van der Waals surface area contributed by atoms with Gasteiger partial charge in [-0.15, -0.1) is 0 Å². The smallest absolute Gasteiger partial charge is 0.0474 e. The molecular formula is C13H20BrNO. The minimum Gasteiger partial charge on any atom is -0.385 e. The minimum absolute atomic E-state index is 0.439. The quantitative estimate of drug-likeness (QED) is 0.774. The van der Waals surface area contributed by atoms with E-state index < -0.39 is 0 Å². The third-order valence-electron chi connectivity index (χ3n) is 2.58. The predicted octanol–water partition coefficient (Wildman–Crippen LogP) is 3.53. The van der Waals surface area contributed by atoms with Crippen molar-refractivity contribution >= 4 is 15.9 Å². The Hall–Kier alpha value is -0.380. The van der Waals surface area contributed by atoms with Crippen LogP contribution in [0.4, 0.5) is 0 Å². The van der Waals surface area contributed by atoms with E-state index in [2.05, 4.69) is 52.4 Å². The van der Waals surface area contributed by atoms with Crippen molar-refractivity contribution < 1.29 is 4.74 Å². The van der Waals surface area contributed by atoms with Gasteiger partial charge in [0.25, 0.3) is 0 Å². The molecule has 1 atom stereocenters. The number of halogens is 1. The van der Waals surface area contributed by atoms with Crippen LogP contribution in [0.1, 0.15) is 31.4 Å². The van der Waals surface area contributed by atoms with Crippen LogP contribution in [-0.4, -0.2) is 20.3 Å². The molecule has 0 saturated carbocycles. The van der Waals surface area contributed by atoms with Crippen LogP contribution < -0.4 is 5.32 Å². The second-order valence-corrected chi connectivity index (χ2v) is 4.73. The largest absolute Gasteiger partial charge is 0.385 e. The van der Waals surface area contributed by atoms with Gasteiger partial charge in [-0.3, -0.25) is 0 Å². The molecule has 0 heterocycles. The Balaban J connectivity index is 2.47. The van der Waals surface area contributed by atoms with Crippen molar-refractivity contribution in [2.45, 2.75) is 25.8 Å². The van der Waals surface area contributed by atoms with Crippen molar-refractivity contribution in [1.29, 1.82) is 0 Å². The molecule has 0 aliphatic carbocycles. The summed E-state index contributed by atoms with van der Waals surface area (Å²) in [6.45, 7) is 4.02. The van der Waals surface area contributed by atoms with Gasteiger partial charge in [-0.05, 0) is 37.1 Å². The summed E-state index contributed by atoms with van der Waals surface area (Å²) in [6, 6.07) is 8.93. The normalized spacial score (nSPS) is 12.7. The van der Waals surface area contributed by atoms with Crippen molar-refractivity contribution in [3.05, 3.63) is 34.3 Å². The Bertz CT molecular complexity index is 304. The molecule has 1 aromatic carbocycles. The minimum atomic E-state index is 0.439. The monoisotopic (exact) mass is 285 g/mol. The number of rotatable bonds is 7. The fourth-order valence-electron chi connectivity index (χ4n) is 1.71. The van der Waals surface area contributed by atoms with Gasteiger partial charge >= 0.3 is 0 Å². The molecule has 0 aromatic heterocycles. The summed E-state index contributed by atoms with van der Waals surface area (Å²) < 4.78 is 6.18. The van der Waals surface area contributed by atoms with Gasteiger partial charge in [0.15, 0.2) is 0 Å². The van der Waals surface area contributed by atoms with E-state index in [9.17, 15) is 0 Å². The van der Waals surface area contributed by atoms with E-state index in [0.29, 0.717) is 6.04 Å². The molecule has 1 aromatic rings. The highest BCUT2D eigenvalue weighted by molar-refractivity contribution is 9.10. The number of hydrogen-bond acceptors (Lipinski definition) is 2. The van der Waals surface area contributed by atoms with Crippen molar-refractivity contribution in [2.75, 3.05) is 20.3 Å². The Kier molecular flexibility index (Phi) is 6.69. The summed E-state index contributed by atoms with van der Waals surface area (Å²) in [5, 5.41) is 3.55. The molecule has 0 bridgehead atoms. The van der Waals surface area contributed by atoms with Gasteiger partial charge < -0.3 is 10.1 Å². The van der Waals surface area contributed by atoms with E-state index >= 15 is 0 Å². The molecule has 1 unspecified atom stereocenters. The molecular weight excluding hydrogens is 266 g/mol. The zero-order valence-electron chi connectivity index (χ0n) is 10.0. The van der Waals surface area contributed by atoms with Crippen molar-refractivity contribution in [3.8, 4) is 0 Å². The van der Waals surface area contributed by atoms with E-state index in [1.807, 2.05) is 0 Å². The SMILES string of the molecule is CCC(NCCCOC)c1cccc(Br)c1. The van der Waals surface area contributed by atoms with Crippen LogP contribution in [0.3, 0.4) is 0 Å². The molecule has 0 aliphatic rings. The Labute approximate surface area is 107 Å². The highest BCUT2D eigenvalue weighted by atomic mass is 79.9. The molecule has 0 saturated heterocycles. The average molecular weight is 286 g/mol. The van der Waals surface area contributed by atoms with Crippen molar-refractivity contribution in [1.82, 2.24) is 5.32 Å². The zero-order chi connectivity index (χ0) is 11.8. The van der Waals surface area contributed by atoms with Gasteiger partial charge in [0.05, 0.1) is 0 Å². The van der Waals surface area contributed by atoms with Gasteiger partial charge in [-0.2, -0.15) is 0 Å². The first-order chi connectivity index (χ1) is 7.77. The second-order valence-electron chi connectivity index (χ2n) is 3.82. The van der Waals surface area contributed by atoms with Crippen LogP contribution >= 0.6 is 15.9 Å². The van der Waals surface area contributed by atoms with Crippen LogP contribution in [0, 0.1) is 0 Å². The molecule has 1 N–H and O–H groups in total. The van der Waals surface area contributed by atoms with Gasteiger partial charge in [-0.1, -0.05) is 35.0 Å². The summed E-state index contributed by atoms with van der Waals surface area (Å²) >= 11 is 3.50. The first kappa shape index (κ1) is 13.7. The third kappa shape index (κ3) is 4.64. The Morgan fingerprint density at radius 3 is 2.88 bits per heavy atom. The number of ether oxygens (including phenoxy) is 1. The molecule has 90 valence electrons. The van der Waals surface area contributed by atoms with E-state index in [0.717, 1.165) is 30.5 Å². The van der Waals surface area contributed by atoms with Crippen molar-refractivity contribution in [3.63, 3.8) is 0 Å². The highest BCUT2D eigenvalue weighted by Gasteiger charge is 2.07. The van der Waals surface area contributed by atoms with Gasteiger partial charge in [0, 0.05) is 24.2 Å². The van der Waals surface area contributed by atoms with Crippen LogP contribution in [0.25, 0.3) is 0 Å². The molecule has 0 aliphatic heterocycles. The first-order valence-electron chi connectivity index (χ1n) is 5.75. The maximum atomic E-state index is 5.03. The lowest BCUT2D eigenvalue weighted by Gasteiger charge is -2.17. The number of methoxy groups -OCH3 is 1. The summed E-state index contributed by atoms with van der Waals surface area (Å²) in [5.74, 6) is 0. The molecule has 16 heavy (non-hydrogen) atoms. The number of hydrogen-bond donors (Lipinski definition) is 1. The summed E-state index contributed by atoms with van der Waals surface area (Å²) in [6.07, 6.45) is 2.16. The lowest BCUT2D eigenvalue weighted by molar-refractivity contribution is 0.193. The summed E-state index contributed by atoms with van der Waals surface area (Å²) in [7, 11) is 1.74. The molecule has 2 nitrogen and oxygen atoms in total. The van der Waals surface area contributed by atoms with Crippen LogP contribution in [0.2, 0.25) is 0 Å². The maximum absolute atomic E-state index is 5.03. The number of benzene rings is 1. The Morgan fingerprint density at radius 2 is 2.25 bits per heavy atom. The average Bonchev–Trinajstić information content (AvgIpc) is 2.29. The zero-order valence-corrected chi connectivity index (χ0v) is 11.6. The van der Waals surface area contributed by atoms with Crippen LogP contribution in [-0.2, 0) is 4.74 Å². The topological polar surface area (TPSA) is 21.3 Å². The second kappa shape index (κ2) is 7.82. The van der Waals surface area contributed by atoms with E-state index in [1.54, 1.807) is 7.11 Å². The molecule has 0 radical (unpaired) electrons. The Morgan fingerprint density at radius 1 is 1.44 bits per heavy atom. The lowest BCUT2D eigenvalue weighted by atomic mass is 10.0. The molecule has 1 rings (SSSR count). The van der Waals surface area contributed by atoms with Crippen LogP contribution in [0.15, 0.2) is 28.7 Å². The predicted molar refractivity (Wildman–Crippen MR) is 71.7 cm³/mol. The van der Waals surface area contributed by atoms with Crippen LogP contribution in [0.5, 0.6) is 0 Å². The third-order valence-corrected chi connectivity index (χ3v) is 3.07. The highest BCUT2D eigenvalue weighted by Crippen LogP contribution is 2.20. The maximum Gasteiger partial charge on any atom is 0.0474 e. The summed E-state index contributed by atoms with van der Waals surface area (Å²) in [5.41, 5.74) is 1.34. The first-order valence-corrected chi connectivity index (χ1v) is 6.55. The van der Waals surface area contributed by atoms with Gasteiger partial charge in [0.1, 0.15) is 0 Å². The van der Waals surface area contributed by atoms with Gasteiger partial charge in [-0.25, -0.2) is 0 Å².